The summed E-state index contributed by atoms with van der Waals surface area (Å²) in [5, 5.41) is -0.206. The minimum Gasteiger partial charge on any atom is -0.461 e. The Labute approximate surface area is 83.3 Å². The molecule has 3 unspecified atom stereocenters. The van der Waals surface area contributed by atoms with Crippen molar-refractivity contribution < 1.29 is 14.3 Å². The lowest BCUT2D eigenvalue weighted by atomic mass is 9.94. The molecular weight excluding hydrogens is 192 g/mol. The molecule has 0 radical (unpaired) electrons. The minimum absolute atomic E-state index is 0.0137. The number of esters is 1. The molecule has 13 heavy (non-hydrogen) atoms. The molecule has 0 spiro atoms. The lowest BCUT2D eigenvalue weighted by molar-refractivity contribution is -0.149. The van der Waals surface area contributed by atoms with Gasteiger partial charge in [0.2, 0.25) is 0 Å². The van der Waals surface area contributed by atoms with Crippen molar-refractivity contribution in [3.05, 3.63) is 0 Å². The van der Waals surface area contributed by atoms with Crippen molar-refractivity contribution in [3.63, 3.8) is 0 Å². The van der Waals surface area contributed by atoms with Gasteiger partial charge in [0.25, 0.3) is 0 Å². The van der Waals surface area contributed by atoms with Crippen LogP contribution in [0.5, 0.6) is 0 Å². The Morgan fingerprint density at radius 1 is 1.38 bits per heavy atom. The molecule has 4 heteroatoms. The topological polar surface area (TPSA) is 35.5 Å². The van der Waals surface area contributed by atoms with E-state index in [1.54, 1.807) is 7.11 Å². The number of alkyl halides is 1. The van der Waals surface area contributed by atoms with E-state index in [0.29, 0.717) is 0 Å². The van der Waals surface area contributed by atoms with Gasteiger partial charge < -0.3 is 9.47 Å². The lowest BCUT2D eigenvalue weighted by Gasteiger charge is -2.32. The summed E-state index contributed by atoms with van der Waals surface area (Å²) in [5.41, 5.74) is 0. The van der Waals surface area contributed by atoms with Crippen molar-refractivity contribution in [3.8, 4) is 0 Å². The van der Waals surface area contributed by atoms with Gasteiger partial charge in [-0.05, 0) is 19.3 Å². The van der Waals surface area contributed by atoms with Gasteiger partial charge in [-0.15, -0.1) is 11.6 Å². The first-order valence-electron chi connectivity index (χ1n) is 4.49. The predicted octanol–water partition coefficient (Wildman–Crippen LogP) is 1.72. The van der Waals surface area contributed by atoms with Gasteiger partial charge in [0.05, 0.1) is 11.5 Å². The number of carbonyl (C=O) groups is 1. The van der Waals surface area contributed by atoms with Crippen LogP contribution < -0.4 is 0 Å². The average Bonchev–Trinajstić information content (AvgIpc) is 2.08. The summed E-state index contributed by atoms with van der Waals surface area (Å²) < 4.78 is 10.3. The SMILES string of the molecule is COC1CCCC(OC(C)=O)C1Cl. The molecule has 0 amide bonds. The van der Waals surface area contributed by atoms with E-state index in [1.165, 1.54) is 6.92 Å². The summed E-state index contributed by atoms with van der Waals surface area (Å²) in [5.74, 6) is -0.271. The van der Waals surface area contributed by atoms with Gasteiger partial charge in [-0.2, -0.15) is 0 Å². The zero-order valence-corrected chi connectivity index (χ0v) is 8.71. The van der Waals surface area contributed by atoms with Crippen molar-refractivity contribution in [1.82, 2.24) is 0 Å². The first kappa shape index (κ1) is 10.8. The van der Waals surface area contributed by atoms with Crippen molar-refractivity contribution in [2.45, 2.75) is 43.8 Å². The Bertz CT molecular complexity index is 184. The van der Waals surface area contributed by atoms with E-state index in [2.05, 4.69) is 0 Å². The summed E-state index contributed by atoms with van der Waals surface area (Å²) in [6.07, 6.45) is 2.62. The number of hydrogen-bond donors (Lipinski definition) is 0. The van der Waals surface area contributed by atoms with Crippen LogP contribution in [0.15, 0.2) is 0 Å². The molecule has 0 saturated heterocycles. The van der Waals surface area contributed by atoms with Gasteiger partial charge in [-0.3, -0.25) is 4.79 Å². The van der Waals surface area contributed by atoms with Crippen LogP contribution in [0.2, 0.25) is 0 Å². The minimum atomic E-state index is -0.271. The maximum atomic E-state index is 10.7. The first-order chi connectivity index (χ1) is 6.15. The van der Waals surface area contributed by atoms with Gasteiger partial charge in [-0.25, -0.2) is 0 Å². The Hall–Kier alpha value is -0.280. The van der Waals surface area contributed by atoms with Crippen LogP contribution in [-0.4, -0.2) is 30.7 Å². The van der Waals surface area contributed by atoms with E-state index < -0.39 is 0 Å². The number of rotatable bonds is 2. The van der Waals surface area contributed by atoms with Crippen LogP contribution in [-0.2, 0) is 14.3 Å². The standard InChI is InChI=1S/C9H15ClO3/c1-6(11)13-8-5-3-4-7(12-2)9(8)10/h7-9H,3-5H2,1-2H3. The fourth-order valence-electron chi connectivity index (χ4n) is 1.66. The molecule has 0 aromatic carbocycles. The zero-order valence-electron chi connectivity index (χ0n) is 7.96. The molecule has 0 heterocycles. The van der Waals surface area contributed by atoms with Crippen molar-refractivity contribution in [2.24, 2.45) is 0 Å². The summed E-state index contributed by atoms with van der Waals surface area (Å²) >= 11 is 6.09. The molecule has 3 atom stereocenters. The molecule has 1 saturated carbocycles. The highest BCUT2D eigenvalue weighted by Crippen LogP contribution is 2.27. The highest BCUT2D eigenvalue weighted by molar-refractivity contribution is 6.21. The molecular formula is C9H15ClO3. The van der Waals surface area contributed by atoms with E-state index in [0.717, 1.165) is 19.3 Å². The number of hydrogen-bond acceptors (Lipinski definition) is 3. The maximum absolute atomic E-state index is 10.7. The molecule has 1 aliphatic carbocycles. The highest BCUT2D eigenvalue weighted by Gasteiger charge is 2.33. The van der Waals surface area contributed by atoms with E-state index in [4.69, 9.17) is 21.1 Å². The summed E-state index contributed by atoms with van der Waals surface area (Å²) in [6, 6.07) is 0. The number of halogens is 1. The molecule has 1 aliphatic rings. The normalized spacial score (nSPS) is 34.2. The van der Waals surface area contributed by atoms with Gasteiger partial charge in [0, 0.05) is 14.0 Å². The first-order valence-corrected chi connectivity index (χ1v) is 4.93. The molecule has 0 aliphatic heterocycles. The van der Waals surface area contributed by atoms with E-state index in [9.17, 15) is 4.79 Å². The molecule has 1 rings (SSSR count). The van der Waals surface area contributed by atoms with Gasteiger partial charge in [0.15, 0.2) is 0 Å². The molecule has 0 bridgehead atoms. The maximum Gasteiger partial charge on any atom is 0.302 e. The Balaban J connectivity index is 2.49. The van der Waals surface area contributed by atoms with Crippen LogP contribution >= 0.6 is 11.6 Å². The van der Waals surface area contributed by atoms with Crippen LogP contribution in [0.4, 0.5) is 0 Å². The molecule has 1 fully saturated rings. The highest BCUT2D eigenvalue weighted by atomic mass is 35.5. The second-order valence-electron chi connectivity index (χ2n) is 3.30. The summed E-state index contributed by atoms with van der Waals surface area (Å²) in [6.45, 7) is 1.40. The van der Waals surface area contributed by atoms with Crippen LogP contribution in [0.3, 0.4) is 0 Å². The summed E-state index contributed by atoms with van der Waals surface area (Å²) in [4.78, 5) is 10.7. The second-order valence-corrected chi connectivity index (χ2v) is 3.80. The lowest BCUT2D eigenvalue weighted by Crippen LogP contribution is -2.40. The average molecular weight is 207 g/mol. The molecule has 0 aromatic heterocycles. The zero-order chi connectivity index (χ0) is 9.84. The third-order valence-corrected chi connectivity index (χ3v) is 2.87. The molecule has 0 aromatic rings. The second kappa shape index (κ2) is 4.82. The Morgan fingerprint density at radius 2 is 2.00 bits per heavy atom. The monoisotopic (exact) mass is 206 g/mol. The third kappa shape index (κ3) is 2.85. The predicted molar refractivity (Wildman–Crippen MR) is 49.8 cm³/mol. The fraction of sp³-hybridized carbons (Fsp3) is 0.889. The number of ether oxygens (including phenoxy) is 2. The van der Waals surface area contributed by atoms with Crippen molar-refractivity contribution >= 4 is 17.6 Å². The van der Waals surface area contributed by atoms with Crippen molar-refractivity contribution in [2.75, 3.05) is 7.11 Å². The van der Waals surface area contributed by atoms with Crippen molar-refractivity contribution in [1.29, 1.82) is 0 Å². The molecule has 3 nitrogen and oxygen atoms in total. The number of carbonyl (C=O) groups excluding carboxylic acids is 1. The van der Waals surface area contributed by atoms with Crippen LogP contribution in [0.1, 0.15) is 26.2 Å². The number of methoxy groups -OCH3 is 1. The Kier molecular flexibility index (Phi) is 4.00. The van der Waals surface area contributed by atoms with Gasteiger partial charge in [-0.1, -0.05) is 0 Å². The van der Waals surface area contributed by atoms with Crippen LogP contribution in [0, 0.1) is 0 Å². The molecule has 0 N–H and O–H groups in total. The smallest absolute Gasteiger partial charge is 0.302 e. The van der Waals surface area contributed by atoms with Gasteiger partial charge in [0.1, 0.15) is 6.10 Å². The quantitative estimate of drug-likeness (QED) is 0.510. The Morgan fingerprint density at radius 3 is 2.54 bits per heavy atom. The molecule has 76 valence electrons. The van der Waals surface area contributed by atoms with Gasteiger partial charge >= 0.3 is 5.97 Å². The van der Waals surface area contributed by atoms with Crippen LogP contribution in [0.25, 0.3) is 0 Å². The fourth-order valence-corrected chi connectivity index (χ4v) is 2.07. The van der Waals surface area contributed by atoms with E-state index in [1.807, 2.05) is 0 Å². The third-order valence-electron chi connectivity index (χ3n) is 2.31. The largest absolute Gasteiger partial charge is 0.461 e. The van der Waals surface area contributed by atoms with E-state index in [-0.39, 0.29) is 23.6 Å². The summed E-state index contributed by atoms with van der Waals surface area (Å²) in [7, 11) is 1.64. The van der Waals surface area contributed by atoms with E-state index >= 15 is 0 Å².